The van der Waals surface area contributed by atoms with Crippen molar-refractivity contribution in [2.24, 2.45) is 0 Å². The second kappa shape index (κ2) is 6.26. The first-order valence-corrected chi connectivity index (χ1v) is 10.0. The van der Waals surface area contributed by atoms with Crippen LogP contribution in [0.4, 0.5) is 11.4 Å². The maximum absolute atomic E-state index is 12.7. The van der Waals surface area contributed by atoms with Gasteiger partial charge >= 0.3 is 5.91 Å². The molecule has 2 aliphatic heterocycles. The van der Waals surface area contributed by atoms with Gasteiger partial charge in [-0.2, -0.15) is 0 Å². The Hall–Kier alpha value is -2.55. The summed E-state index contributed by atoms with van der Waals surface area (Å²) in [6.45, 7) is 1.44. The molecule has 0 fully saturated rings. The lowest BCUT2D eigenvalue weighted by Crippen LogP contribution is -2.28. The van der Waals surface area contributed by atoms with Crippen LogP contribution in [0.1, 0.15) is 21.5 Å². The normalized spacial score (nSPS) is 16.6. The molecule has 0 aliphatic carbocycles. The molecule has 0 unspecified atom stereocenters. The molecule has 0 radical (unpaired) electrons. The lowest BCUT2D eigenvalue weighted by Gasteiger charge is -2.25. The van der Waals surface area contributed by atoms with Crippen molar-refractivity contribution in [1.82, 2.24) is 9.62 Å². The number of nitrogens with one attached hydrogen (secondary N) is 1. The molecule has 0 saturated carbocycles. The van der Waals surface area contributed by atoms with Gasteiger partial charge in [-0.3, -0.25) is 14.5 Å². The second-order valence-corrected chi connectivity index (χ2v) is 8.93. The van der Waals surface area contributed by atoms with Crippen LogP contribution < -0.4 is 10.2 Å². The van der Waals surface area contributed by atoms with Crippen molar-refractivity contribution in [3.63, 3.8) is 0 Å². The third-order valence-corrected chi connectivity index (χ3v) is 6.82. The number of amides is 1. The number of hydrogen-bond donors (Lipinski definition) is 1. The van der Waals surface area contributed by atoms with Gasteiger partial charge in [0.1, 0.15) is 0 Å². The van der Waals surface area contributed by atoms with Crippen molar-refractivity contribution < 1.29 is 18.0 Å². The number of Topliss-reactive ketones (excluding diaryl/α,β-unsaturated/α-hetero) is 1. The molecule has 27 heavy (non-hydrogen) atoms. The first-order valence-electron chi connectivity index (χ1n) is 8.59. The molecule has 1 N–H and O–H groups in total. The summed E-state index contributed by atoms with van der Waals surface area (Å²) in [6.07, 6.45) is 0.832. The molecule has 2 aromatic carbocycles. The lowest BCUT2D eigenvalue weighted by molar-refractivity contribution is -0.113. The topological polar surface area (TPSA) is 86.8 Å². The molecule has 2 aliphatic rings. The SMILES string of the molecule is CN(C)S(=O)(=O)c1ccc(N2C(=O)C(=O)c3ccc4c(c32)CNCC4)cc1. The number of carbonyl (C=O) groups is 2. The molecule has 4 rings (SSSR count). The Balaban J connectivity index is 1.82. The fourth-order valence-corrected chi connectivity index (χ4v) is 4.43. The Morgan fingerprint density at radius 2 is 1.74 bits per heavy atom. The zero-order chi connectivity index (χ0) is 19.3. The van der Waals surface area contributed by atoms with E-state index >= 15 is 0 Å². The summed E-state index contributed by atoms with van der Waals surface area (Å²) in [7, 11) is -0.644. The predicted molar refractivity (Wildman–Crippen MR) is 101 cm³/mol. The molecule has 1 amide bonds. The van der Waals surface area contributed by atoms with E-state index in [9.17, 15) is 18.0 Å². The van der Waals surface area contributed by atoms with Crippen molar-refractivity contribution in [2.75, 3.05) is 25.5 Å². The Bertz CT molecular complexity index is 1060. The summed E-state index contributed by atoms with van der Waals surface area (Å²) in [5, 5.41) is 3.28. The number of anilines is 2. The molecule has 2 aromatic rings. The third-order valence-electron chi connectivity index (χ3n) is 4.99. The van der Waals surface area contributed by atoms with Gasteiger partial charge in [0.2, 0.25) is 10.0 Å². The van der Waals surface area contributed by atoms with Crippen molar-refractivity contribution in [3.8, 4) is 0 Å². The highest BCUT2D eigenvalue weighted by molar-refractivity contribution is 7.89. The number of hydrogen-bond acceptors (Lipinski definition) is 5. The van der Waals surface area contributed by atoms with E-state index in [0.29, 0.717) is 23.5 Å². The molecule has 0 bridgehead atoms. The number of carbonyl (C=O) groups excluding carboxylic acids is 2. The van der Waals surface area contributed by atoms with Gasteiger partial charge in [0.15, 0.2) is 0 Å². The minimum absolute atomic E-state index is 0.131. The maximum Gasteiger partial charge on any atom is 0.304 e. The van der Waals surface area contributed by atoms with E-state index in [1.165, 1.54) is 31.1 Å². The van der Waals surface area contributed by atoms with Crippen LogP contribution in [0.15, 0.2) is 41.3 Å². The average Bonchev–Trinajstić information content (AvgIpc) is 2.93. The monoisotopic (exact) mass is 385 g/mol. The zero-order valence-electron chi connectivity index (χ0n) is 15.0. The summed E-state index contributed by atoms with van der Waals surface area (Å²) in [4.78, 5) is 26.7. The van der Waals surface area contributed by atoms with Gasteiger partial charge in [0.25, 0.3) is 5.78 Å². The van der Waals surface area contributed by atoms with Crippen LogP contribution in [0.3, 0.4) is 0 Å². The van der Waals surface area contributed by atoms with Crippen molar-refractivity contribution in [2.45, 2.75) is 17.9 Å². The van der Waals surface area contributed by atoms with E-state index in [1.54, 1.807) is 18.2 Å². The highest BCUT2D eigenvalue weighted by atomic mass is 32.2. The minimum Gasteiger partial charge on any atom is -0.312 e. The van der Waals surface area contributed by atoms with Gasteiger partial charge < -0.3 is 5.32 Å². The quantitative estimate of drug-likeness (QED) is 0.808. The molecule has 0 atom stereocenters. The van der Waals surface area contributed by atoms with E-state index in [-0.39, 0.29) is 4.90 Å². The second-order valence-electron chi connectivity index (χ2n) is 6.78. The van der Waals surface area contributed by atoms with Crippen LogP contribution in [-0.2, 0) is 27.8 Å². The fraction of sp³-hybridized carbons (Fsp3) is 0.263. The van der Waals surface area contributed by atoms with E-state index in [1.807, 2.05) is 6.07 Å². The smallest absolute Gasteiger partial charge is 0.304 e. The number of rotatable bonds is 3. The van der Waals surface area contributed by atoms with Gasteiger partial charge in [-0.05, 0) is 54.4 Å². The minimum atomic E-state index is -3.56. The summed E-state index contributed by atoms with van der Waals surface area (Å²) in [5.74, 6) is -1.16. The summed E-state index contributed by atoms with van der Waals surface area (Å²) in [6, 6.07) is 9.65. The molecular formula is C19H19N3O4S. The standard InChI is InChI=1S/C19H19N3O4S/c1-21(2)27(25,26)14-6-4-13(5-7-14)22-17-15(18(23)19(22)24)8-3-12-9-10-20-11-16(12)17/h3-8,20H,9-11H2,1-2H3. The fourth-order valence-electron chi connectivity index (χ4n) is 3.53. The van der Waals surface area contributed by atoms with E-state index in [4.69, 9.17) is 0 Å². The molecular weight excluding hydrogens is 366 g/mol. The Labute approximate surface area is 157 Å². The highest BCUT2D eigenvalue weighted by Gasteiger charge is 2.39. The molecule has 0 aromatic heterocycles. The summed E-state index contributed by atoms with van der Waals surface area (Å²) in [5.41, 5.74) is 3.55. The van der Waals surface area contributed by atoms with Crippen molar-refractivity contribution in [1.29, 1.82) is 0 Å². The Morgan fingerprint density at radius 3 is 2.41 bits per heavy atom. The van der Waals surface area contributed by atoms with Crippen LogP contribution in [-0.4, -0.2) is 45.1 Å². The number of nitrogens with zero attached hydrogens (tertiary/aromatic N) is 2. The summed E-state index contributed by atoms with van der Waals surface area (Å²) < 4.78 is 25.6. The number of fused-ring (bicyclic) bond motifs is 3. The number of benzene rings is 2. The molecule has 0 spiro atoms. The predicted octanol–water partition coefficient (Wildman–Crippen LogP) is 1.44. The van der Waals surface area contributed by atoms with Gasteiger partial charge in [-0.1, -0.05) is 6.07 Å². The largest absolute Gasteiger partial charge is 0.312 e. The van der Waals surface area contributed by atoms with Crippen LogP contribution in [0.2, 0.25) is 0 Å². The lowest BCUT2D eigenvalue weighted by atomic mass is 9.96. The third kappa shape index (κ3) is 2.68. The average molecular weight is 385 g/mol. The van der Waals surface area contributed by atoms with Crippen molar-refractivity contribution in [3.05, 3.63) is 53.1 Å². The van der Waals surface area contributed by atoms with Gasteiger partial charge in [0.05, 0.1) is 16.1 Å². The van der Waals surface area contributed by atoms with Crippen LogP contribution >= 0.6 is 0 Å². The van der Waals surface area contributed by atoms with Crippen LogP contribution in [0.25, 0.3) is 0 Å². The molecule has 2 heterocycles. The van der Waals surface area contributed by atoms with Crippen molar-refractivity contribution >= 4 is 33.1 Å². The number of ketones is 1. The zero-order valence-corrected chi connectivity index (χ0v) is 15.8. The van der Waals surface area contributed by atoms with Gasteiger partial charge in [-0.25, -0.2) is 12.7 Å². The number of sulfonamides is 1. The van der Waals surface area contributed by atoms with E-state index in [0.717, 1.165) is 28.4 Å². The van der Waals surface area contributed by atoms with E-state index in [2.05, 4.69) is 5.32 Å². The molecule has 7 nitrogen and oxygen atoms in total. The van der Waals surface area contributed by atoms with Crippen LogP contribution in [0.5, 0.6) is 0 Å². The first-order chi connectivity index (χ1) is 12.8. The Kier molecular flexibility index (Phi) is 4.14. The van der Waals surface area contributed by atoms with E-state index < -0.39 is 21.7 Å². The first kappa shape index (κ1) is 17.8. The molecule has 0 saturated heterocycles. The molecule has 140 valence electrons. The maximum atomic E-state index is 12.7. The van der Waals surface area contributed by atoms with Crippen LogP contribution in [0, 0.1) is 0 Å². The summed E-state index contributed by atoms with van der Waals surface area (Å²) >= 11 is 0. The Morgan fingerprint density at radius 1 is 1.04 bits per heavy atom. The van der Waals surface area contributed by atoms with Gasteiger partial charge in [0, 0.05) is 26.3 Å². The molecule has 8 heteroatoms. The highest BCUT2D eigenvalue weighted by Crippen LogP contribution is 2.40. The van der Waals surface area contributed by atoms with Gasteiger partial charge in [-0.15, -0.1) is 0 Å².